The van der Waals surface area contributed by atoms with Crippen molar-refractivity contribution in [3.8, 4) is 0 Å². The molecule has 0 N–H and O–H groups in total. The standard InChI is InChI=1S/C29H35N5O2S/c1-24-14-16-26(17-15-24)37(35,36)34-21-18-25-22-32(28-13-9-8-12-27(25)28)19-10-6-4-2-3-5-7-11-20-33-23-29(34)30-31-33/h2-3,8-9,12-17,22-23H,4-7,10-11,18-21H2,1H3. The Kier molecular flexibility index (Phi) is 7.74. The summed E-state index contributed by atoms with van der Waals surface area (Å²) in [5, 5.41) is 9.74. The lowest BCUT2D eigenvalue weighted by Gasteiger charge is -2.21. The van der Waals surface area contributed by atoms with E-state index in [1.165, 1.54) is 15.2 Å². The number of benzene rings is 2. The van der Waals surface area contributed by atoms with Gasteiger partial charge in [0.25, 0.3) is 10.0 Å². The second kappa shape index (κ2) is 11.3. The highest BCUT2D eigenvalue weighted by Gasteiger charge is 2.27. The van der Waals surface area contributed by atoms with Gasteiger partial charge >= 0.3 is 0 Å². The third kappa shape index (κ3) is 5.80. The maximum atomic E-state index is 13.8. The Balaban J connectivity index is 1.51. The summed E-state index contributed by atoms with van der Waals surface area (Å²) in [7, 11) is -3.81. The largest absolute Gasteiger partial charge is 0.347 e. The van der Waals surface area contributed by atoms with E-state index in [-0.39, 0.29) is 11.4 Å². The van der Waals surface area contributed by atoms with Gasteiger partial charge in [-0.3, -0.25) is 4.68 Å². The maximum Gasteiger partial charge on any atom is 0.265 e. The summed E-state index contributed by atoms with van der Waals surface area (Å²) in [6.07, 6.45) is 15.6. The molecule has 4 aromatic rings. The SMILES string of the molecule is Cc1ccc(S(=O)(=O)N2CCc3cn(c4ccccc34)CCCCC=CCCCCn3cc2nn3)cc1. The Morgan fingerprint density at radius 3 is 2.32 bits per heavy atom. The zero-order valence-electron chi connectivity index (χ0n) is 21.5. The van der Waals surface area contributed by atoms with Gasteiger partial charge in [0.05, 0.1) is 11.1 Å². The van der Waals surface area contributed by atoms with E-state index in [1.807, 2.05) is 25.1 Å². The fourth-order valence-electron chi connectivity index (χ4n) is 4.95. The van der Waals surface area contributed by atoms with Crippen LogP contribution in [0.4, 0.5) is 5.82 Å². The third-order valence-corrected chi connectivity index (χ3v) is 8.86. The highest BCUT2D eigenvalue weighted by Crippen LogP contribution is 2.26. The van der Waals surface area contributed by atoms with E-state index in [1.54, 1.807) is 23.0 Å². The first-order valence-corrected chi connectivity index (χ1v) is 14.7. The lowest BCUT2D eigenvalue weighted by atomic mass is 10.1. The van der Waals surface area contributed by atoms with Crippen LogP contribution in [0.15, 0.2) is 78.0 Å². The van der Waals surface area contributed by atoms with Crippen molar-refractivity contribution in [2.75, 3.05) is 10.8 Å². The van der Waals surface area contributed by atoms with Crippen molar-refractivity contribution in [3.63, 3.8) is 0 Å². The second-order valence-corrected chi connectivity index (χ2v) is 11.7. The summed E-state index contributed by atoms with van der Waals surface area (Å²) >= 11 is 0. The molecule has 0 radical (unpaired) electrons. The Hall–Kier alpha value is -3.39. The quantitative estimate of drug-likeness (QED) is 0.311. The number of aromatic nitrogens is 4. The number of allylic oxidation sites excluding steroid dienone is 2. The van der Waals surface area contributed by atoms with Gasteiger partial charge in [-0.05, 0) is 75.6 Å². The van der Waals surface area contributed by atoms with Crippen LogP contribution in [0.3, 0.4) is 0 Å². The maximum absolute atomic E-state index is 13.8. The molecule has 0 aliphatic carbocycles. The second-order valence-electron chi connectivity index (χ2n) is 9.81. The van der Waals surface area contributed by atoms with Crippen LogP contribution in [0.2, 0.25) is 0 Å². The minimum atomic E-state index is -3.81. The number of hydrogen-bond donors (Lipinski definition) is 0. The van der Waals surface area contributed by atoms with Gasteiger partial charge in [0.1, 0.15) is 0 Å². The van der Waals surface area contributed by atoms with E-state index in [4.69, 9.17) is 0 Å². The average Bonchev–Trinajstić information content (AvgIpc) is 3.50. The van der Waals surface area contributed by atoms with Gasteiger partial charge in [-0.15, -0.1) is 5.10 Å². The molecule has 0 atom stereocenters. The van der Waals surface area contributed by atoms with E-state index in [0.29, 0.717) is 18.8 Å². The van der Waals surface area contributed by atoms with Gasteiger partial charge in [0.15, 0.2) is 5.82 Å². The molecule has 0 amide bonds. The van der Waals surface area contributed by atoms with Crippen LogP contribution in [-0.2, 0) is 29.5 Å². The first-order valence-electron chi connectivity index (χ1n) is 13.2. The van der Waals surface area contributed by atoms with Crippen LogP contribution < -0.4 is 4.31 Å². The van der Waals surface area contributed by atoms with Crippen LogP contribution in [-0.4, -0.2) is 34.5 Å². The average molecular weight is 518 g/mol. The van der Waals surface area contributed by atoms with Crippen molar-refractivity contribution < 1.29 is 8.42 Å². The summed E-state index contributed by atoms with van der Waals surface area (Å²) in [6.45, 7) is 3.90. The molecule has 3 heterocycles. The number of anilines is 1. The predicted octanol–water partition coefficient (Wildman–Crippen LogP) is 5.89. The molecule has 2 aromatic carbocycles. The predicted molar refractivity (Wildman–Crippen MR) is 148 cm³/mol. The molecule has 1 aliphatic rings. The van der Waals surface area contributed by atoms with Gasteiger partial charge in [-0.2, -0.15) is 0 Å². The topological polar surface area (TPSA) is 73.0 Å². The van der Waals surface area contributed by atoms with E-state index in [2.05, 4.69) is 51.4 Å². The molecule has 194 valence electrons. The Bertz CT molecular complexity index is 1470. The molecule has 0 unspecified atom stereocenters. The summed E-state index contributed by atoms with van der Waals surface area (Å²) in [4.78, 5) is 0.264. The molecule has 0 spiro atoms. The van der Waals surface area contributed by atoms with Crippen molar-refractivity contribution in [1.29, 1.82) is 0 Å². The summed E-state index contributed by atoms with van der Waals surface area (Å²) in [5.74, 6) is 0.363. The molecule has 0 saturated carbocycles. The van der Waals surface area contributed by atoms with Gasteiger partial charge in [0, 0.05) is 36.7 Å². The normalized spacial score (nSPS) is 16.3. The molecular weight excluding hydrogens is 482 g/mol. The van der Waals surface area contributed by atoms with Crippen molar-refractivity contribution in [3.05, 3.63) is 84.2 Å². The van der Waals surface area contributed by atoms with Crippen LogP contribution in [0.5, 0.6) is 0 Å². The van der Waals surface area contributed by atoms with E-state index in [0.717, 1.165) is 56.2 Å². The molecular formula is C29H35N5O2S. The Morgan fingerprint density at radius 1 is 0.811 bits per heavy atom. The first kappa shape index (κ1) is 25.3. The molecule has 0 saturated heterocycles. The third-order valence-electron chi connectivity index (χ3n) is 7.04. The smallest absolute Gasteiger partial charge is 0.265 e. The van der Waals surface area contributed by atoms with Crippen molar-refractivity contribution in [1.82, 2.24) is 19.6 Å². The zero-order valence-corrected chi connectivity index (χ0v) is 22.3. The minimum absolute atomic E-state index is 0.264. The van der Waals surface area contributed by atoms with Crippen molar-refractivity contribution >= 4 is 26.7 Å². The number of nitrogens with zero attached hydrogens (tertiary/aromatic N) is 5. The summed E-state index contributed by atoms with van der Waals surface area (Å²) < 4.78 is 33.2. The van der Waals surface area contributed by atoms with Crippen LogP contribution in [0.1, 0.15) is 49.7 Å². The lowest BCUT2D eigenvalue weighted by Crippen LogP contribution is -2.33. The number of sulfonamides is 1. The number of para-hydroxylation sites is 1. The van der Waals surface area contributed by atoms with Gasteiger partial charge in [-0.1, -0.05) is 53.3 Å². The molecule has 8 heteroatoms. The Labute approximate surface area is 219 Å². The lowest BCUT2D eigenvalue weighted by molar-refractivity contribution is 0.543. The zero-order chi connectivity index (χ0) is 25.7. The molecule has 4 bridgehead atoms. The molecule has 2 aromatic heterocycles. The molecule has 0 fully saturated rings. The first-order chi connectivity index (χ1) is 18.0. The van der Waals surface area contributed by atoms with Crippen molar-refractivity contribution in [2.45, 2.75) is 69.9 Å². The molecule has 37 heavy (non-hydrogen) atoms. The Morgan fingerprint density at radius 2 is 1.54 bits per heavy atom. The molecule has 7 nitrogen and oxygen atoms in total. The highest BCUT2D eigenvalue weighted by molar-refractivity contribution is 7.92. The van der Waals surface area contributed by atoms with Gasteiger partial charge in [-0.25, -0.2) is 12.7 Å². The van der Waals surface area contributed by atoms with Crippen LogP contribution in [0.25, 0.3) is 10.9 Å². The number of hydrogen-bond acceptors (Lipinski definition) is 4. The van der Waals surface area contributed by atoms with Crippen LogP contribution in [0, 0.1) is 6.92 Å². The van der Waals surface area contributed by atoms with Gasteiger partial charge < -0.3 is 4.57 Å². The summed E-state index contributed by atoms with van der Waals surface area (Å²) in [6, 6.07) is 15.4. The van der Waals surface area contributed by atoms with Crippen molar-refractivity contribution in [2.24, 2.45) is 0 Å². The fourth-order valence-corrected chi connectivity index (χ4v) is 6.35. The van der Waals surface area contributed by atoms with Gasteiger partial charge in [0.2, 0.25) is 0 Å². The molecule has 5 rings (SSSR count). The molecule has 1 aliphatic heterocycles. The van der Waals surface area contributed by atoms with E-state index < -0.39 is 10.0 Å². The minimum Gasteiger partial charge on any atom is -0.347 e. The summed E-state index contributed by atoms with van der Waals surface area (Å²) in [5.41, 5.74) is 3.36. The monoisotopic (exact) mass is 517 g/mol. The highest BCUT2D eigenvalue weighted by atomic mass is 32.2. The fraction of sp³-hybridized carbons (Fsp3) is 0.379. The number of aryl methyl sites for hydroxylation is 3. The van der Waals surface area contributed by atoms with Crippen LogP contribution >= 0.6 is 0 Å². The number of fused-ring (bicyclic) bond motifs is 7. The van der Waals surface area contributed by atoms with E-state index in [9.17, 15) is 8.42 Å². The number of rotatable bonds is 2. The van der Waals surface area contributed by atoms with E-state index >= 15 is 0 Å².